The van der Waals surface area contributed by atoms with Gasteiger partial charge in [0.2, 0.25) is 5.91 Å². The summed E-state index contributed by atoms with van der Waals surface area (Å²) in [5.41, 5.74) is 4.53. The molecule has 110 valence electrons. The molecule has 1 aromatic rings. The Labute approximate surface area is 121 Å². The Balaban J connectivity index is 2.08. The molecule has 1 fully saturated rings. The van der Waals surface area contributed by atoms with Crippen molar-refractivity contribution in [1.29, 1.82) is 0 Å². The summed E-state index contributed by atoms with van der Waals surface area (Å²) in [6, 6.07) is 8.87. The van der Waals surface area contributed by atoms with Crippen LogP contribution in [0.2, 0.25) is 0 Å². The Morgan fingerprint density at radius 1 is 1.30 bits per heavy atom. The van der Waals surface area contributed by atoms with E-state index in [9.17, 15) is 4.79 Å². The van der Waals surface area contributed by atoms with Gasteiger partial charge < -0.3 is 0 Å². The lowest BCUT2D eigenvalue weighted by molar-refractivity contribution is -0.120. The maximum Gasteiger partial charge on any atom is 0.238 e. The number of hydrogen-bond acceptors (Lipinski definition) is 3. The zero-order chi connectivity index (χ0) is 14.4. The molecule has 1 aromatic carbocycles. The molecule has 0 atom stereocenters. The van der Waals surface area contributed by atoms with Crippen molar-refractivity contribution in [1.82, 2.24) is 10.3 Å². The number of rotatable bonds is 6. The maximum atomic E-state index is 11.5. The van der Waals surface area contributed by atoms with Crippen molar-refractivity contribution >= 4 is 5.91 Å². The average Bonchev–Trinajstić information content (AvgIpc) is 3.00. The van der Waals surface area contributed by atoms with Gasteiger partial charge in [-0.05, 0) is 30.5 Å². The van der Waals surface area contributed by atoms with E-state index in [2.05, 4.69) is 23.3 Å². The molecule has 4 heteroatoms. The molecule has 3 N–H and O–H groups in total. The largest absolute Gasteiger partial charge is 0.296 e. The first-order valence-corrected chi connectivity index (χ1v) is 7.55. The molecule has 2 rings (SSSR count). The van der Waals surface area contributed by atoms with Gasteiger partial charge in [-0.2, -0.15) is 0 Å². The molecule has 0 saturated heterocycles. The molecule has 1 aliphatic rings. The second kappa shape index (κ2) is 7.41. The highest BCUT2D eigenvalue weighted by atomic mass is 16.2. The Bertz CT molecular complexity index is 441. The summed E-state index contributed by atoms with van der Waals surface area (Å²) >= 11 is 0. The molecular weight excluding hydrogens is 250 g/mol. The fraction of sp³-hybridized carbons (Fsp3) is 0.562. The van der Waals surface area contributed by atoms with Crippen LogP contribution in [0.4, 0.5) is 0 Å². The number of hydrogen-bond donors (Lipinski definition) is 2. The van der Waals surface area contributed by atoms with Gasteiger partial charge in [0.05, 0.1) is 6.42 Å². The summed E-state index contributed by atoms with van der Waals surface area (Å²) in [6.07, 6.45) is 5.66. The molecule has 1 amide bonds. The van der Waals surface area contributed by atoms with Crippen molar-refractivity contribution in [3.8, 4) is 0 Å². The SMILES string of the molecule is CCN(Cc1ccccc1CC(=O)NN)C1CCCC1. The van der Waals surface area contributed by atoms with Crippen molar-refractivity contribution in [2.24, 2.45) is 5.84 Å². The minimum atomic E-state index is -0.138. The summed E-state index contributed by atoms with van der Waals surface area (Å²) in [4.78, 5) is 14.0. The third kappa shape index (κ3) is 3.81. The van der Waals surface area contributed by atoms with E-state index in [1.54, 1.807) is 0 Å². The van der Waals surface area contributed by atoms with Gasteiger partial charge in [0.25, 0.3) is 0 Å². The second-order valence-corrected chi connectivity index (χ2v) is 5.51. The lowest BCUT2D eigenvalue weighted by Gasteiger charge is -2.28. The molecule has 0 heterocycles. The zero-order valence-electron chi connectivity index (χ0n) is 12.3. The highest BCUT2D eigenvalue weighted by Gasteiger charge is 2.22. The zero-order valence-corrected chi connectivity index (χ0v) is 12.3. The van der Waals surface area contributed by atoms with Gasteiger partial charge in [-0.3, -0.25) is 15.1 Å². The number of nitrogens with zero attached hydrogens (tertiary/aromatic N) is 1. The molecule has 0 spiro atoms. The van der Waals surface area contributed by atoms with Crippen molar-refractivity contribution in [2.45, 2.75) is 51.6 Å². The smallest absolute Gasteiger partial charge is 0.238 e. The summed E-state index contributed by atoms with van der Waals surface area (Å²) in [5.74, 6) is 5.05. The van der Waals surface area contributed by atoms with Crippen LogP contribution >= 0.6 is 0 Å². The molecular formula is C16H25N3O. The first-order valence-electron chi connectivity index (χ1n) is 7.55. The van der Waals surface area contributed by atoms with Crippen LogP contribution in [0.5, 0.6) is 0 Å². The molecule has 20 heavy (non-hydrogen) atoms. The predicted octanol–water partition coefficient (Wildman–Crippen LogP) is 1.98. The summed E-state index contributed by atoms with van der Waals surface area (Å²) in [5, 5.41) is 0. The third-order valence-electron chi connectivity index (χ3n) is 4.25. The third-order valence-corrected chi connectivity index (χ3v) is 4.25. The van der Waals surface area contributed by atoms with Gasteiger partial charge in [-0.15, -0.1) is 0 Å². The number of nitrogens with one attached hydrogen (secondary N) is 1. The van der Waals surface area contributed by atoms with E-state index in [1.807, 2.05) is 18.2 Å². The molecule has 0 aliphatic heterocycles. The van der Waals surface area contributed by atoms with Gasteiger partial charge in [0.1, 0.15) is 0 Å². The Hall–Kier alpha value is -1.39. The first-order chi connectivity index (χ1) is 9.74. The average molecular weight is 275 g/mol. The first kappa shape index (κ1) is 15.0. The van der Waals surface area contributed by atoms with Crippen LogP contribution < -0.4 is 11.3 Å². The van der Waals surface area contributed by atoms with Crippen molar-refractivity contribution in [3.63, 3.8) is 0 Å². The number of carbonyl (C=O) groups excluding carboxylic acids is 1. The van der Waals surface area contributed by atoms with E-state index >= 15 is 0 Å². The molecule has 0 aromatic heterocycles. The maximum absolute atomic E-state index is 11.5. The van der Waals surface area contributed by atoms with Crippen LogP contribution in [0.1, 0.15) is 43.7 Å². The van der Waals surface area contributed by atoms with Crippen LogP contribution in [0.3, 0.4) is 0 Å². The molecule has 4 nitrogen and oxygen atoms in total. The number of carbonyl (C=O) groups is 1. The Morgan fingerprint density at radius 2 is 1.95 bits per heavy atom. The van der Waals surface area contributed by atoms with E-state index < -0.39 is 0 Å². The lowest BCUT2D eigenvalue weighted by Crippen LogP contribution is -2.34. The van der Waals surface area contributed by atoms with E-state index in [1.165, 1.54) is 31.2 Å². The van der Waals surface area contributed by atoms with E-state index in [0.717, 1.165) is 18.7 Å². The van der Waals surface area contributed by atoms with Gasteiger partial charge in [-0.25, -0.2) is 5.84 Å². The highest BCUT2D eigenvalue weighted by molar-refractivity contribution is 5.78. The van der Waals surface area contributed by atoms with Crippen LogP contribution in [0.25, 0.3) is 0 Å². The minimum Gasteiger partial charge on any atom is -0.296 e. The van der Waals surface area contributed by atoms with Gasteiger partial charge >= 0.3 is 0 Å². The van der Waals surface area contributed by atoms with Crippen LogP contribution in [-0.2, 0) is 17.8 Å². The Morgan fingerprint density at radius 3 is 2.55 bits per heavy atom. The molecule has 0 radical (unpaired) electrons. The molecule has 0 unspecified atom stereocenters. The van der Waals surface area contributed by atoms with Gasteiger partial charge in [0, 0.05) is 12.6 Å². The predicted molar refractivity (Wildman–Crippen MR) is 80.8 cm³/mol. The topological polar surface area (TPSA) is 58.4 Å². The summed E-state index contributed by atoms with van der Waals surface area (Å²) < 4.78 is 0. The lowest BCUT2D eigenvalue weighted by atomic mass is 10.0. The minimum absolute atomic E-state index is 0.138. The number of benzene rings is 1. The van der Waals surface area contributed by atoms with Crippen molar-refractivity contribution in [3.05, 3.63) is 35.4 Å². The second-order valence-electron chi connectivity index (χ2n) is 5.51. The van der Waals surface area contributed by atoms with Crippen molar-refractivity contribution in [2.75, 3.05) is 6.54 Å². The Kier molecular flexibility index (Phi) is 5.56. The fourth-order valence-corrected chi connectivity index (χ4v) is 3.10. The summed E-state index contributed by atoms with van der Waals surface area (Å²) in [6.45, 7) is 4.20. The van der Waals surface area contributed by atoms with Crippen LogP contribution in [0.15, 0.2) is 24.3 Å². The standard InChI is InChI=1S/C16H25N3O/c1-2-19(15-9-5-6-10-15)12-14-8-4-3-7-13(14)11-16(20)18-17/h3-4,7-8,15H,2,5-6,9-12,17H2,1H3,(H,18,20). The monoisotopic (exact) mass is 275 g/mol. The summed E-state index contributed by atoms with van der Waals surface area (Å²) in [7, 11) is 0. The number of nitrogens with two attached hydrogens (primary N) is 1. The molecule has 0 bridgehead atoms. The molecule has 1 aliphatic carbocycles. The highest BCUT2D eigenvalue weighted by Crippen LogP contribution is 2.25. The number of amides is 1. The van der Waals surface area contributed by atoms with Crippen LogP contribution in [0, 0.1) is 0 Å². The van der Waals surface area contributed by atoms with E-state index in [4.69, 9.17) is 5.84 Å². The molecule has 1 saturated carbocycles. The van der Waals surface area contributed by atoms with Crippen molar-refractivity contribution < 1.29 is 4.79 Å². The normalized spacial score (nSPS) is 15.8. The van der Waals surface area contributed by atoms with Gasteiger partial charge in [-0.1, -0.05) is 44.0 Å². The fourth-order valence-electron chi connectivity index (χ4n) is 3.10. The van der Waals surface area contributed by atoms with E-state index in [0.29, 0.717) is 12.5 Å². The van der Waals surface area contributed by atoms with Crippen LogP contribution in [-0.4, -0.2) is 23.4 Å². The van der Waals surface area contributed by atoms with Gasteiger partial charge in [0.15, 0.2) is 0 Å². The number of hydrazine groups is 1. The quantitative estimate of drug-likeness (QED) is 0.474. The van der Waals surface area contributed by atoms with E-state index in [-0.39, 0.29) is 5.91 Å².